The first-order valence-electron chi connectivity index (χ1n) is 5.45. The summed E-state index contributed by atoms with van der Waals surface area (Å²) in [6.45, 7) is 0. The van der Waals surface area contributed by atoms with Gasteiger partial charge in [0.2, 0.25) is 0 Å². The Morgan fingerprint density at radius 2 is 2.00 bits per heavy atom. The molecule has 0 atom stereocenters. The lowest BCUT2D eigenvalue weighted by atomic mass is 10.2. The summed E-state index contributed by atoms with van der Waals surface area (Å²) in [5.41, 5.74) is 2.16. The van der Waals surface area contributed by atoms with Crippen LogP contribution in [0.4, 0.5) is 0 Å². The summed E-state index contributed by atoms with van der Waals surface area (Å²) in [6.07, 6.45) is 3.38. The fraction of sp³-hybridized carbons (Fsp3) is 0.0769. The van der Waals surface area contributed by atoms with Gasteiger partial charge in [-0.3, -0.25) is 4.98 Å². The molecule has 18 heavy (non-hydrogen) atoms. The molecule has 0 aliphatic rings. The summed E-state index contributed by atoms with van der Waals surface area (Å²) in [4.78, 5) is 8.48. The molecule has 0 aliphatic carbocycles. The quantitative estimate of drug-likeness (QED) is 0.639. The highest BCUT2D eigenvalue weighted by atomic mass is 16.3. The van der Waals surface area contributed by atoms with E-state index < -0.39 is 0 Å². The van der Waals surface area contributed by atoms with Crippen molar-refractivity contribution in [2.45, 2.75) is 0 Å². The minimum atomic E-state index is 0.0826. The average Bonchev–Trinajstić information content (AvgIpc) is 2.71. The highest BCUT2D eigenvalue weighted by molar-refractivity contribution is 5.81. The molecule has 0 fully saturated rings. The molecule has 0 saturated carbocycles. The van der Waals surface area contributed by atoms with Gasteiger partial charge >= 0.3 is 0 Å². The summed E-state index contributed by atoms with van der Waals surface area (Å²) in [6, 6.07) is 6.17. The molecule has 2 heterocycles. The van der Waals surface area contributed by atoms with Crippen LogP contribution in [0.15, 0.2) is 36.7 Å². The summed E-state index contributed by atoms with van der Waals surface area (Å²) < 4.78 is 1.83. The number of phenolic OH excluding ortho intramolecular Hbond substituents is 2. The summed E-state index contributed by atoms with van der Waals surface area (Å²) >= 11 is 0. The van der Waals surface area contributed by atoms with Crippen LogP contribution in [0.5, 0.6) is 11.5 Å². The molecule has 0 spiro atoms. The van der Waals surface area contributed by atoms with Gasteiger partial charge in [0, 0.05) is 13.2 Å². The number of aryl methyl sites for hydroxylation is 1. The fourth-order valence-corrected chi connectivity index (χ4v) is 1.98. The Morgan fingerprint density at radius 3 is 2.78 bits per heavy atom. The molecular weight excluding hydrogens is 230 g/mol. The van der Waals surface area contributed by atoms with Gasteiger partial charge in [0.15, 0.2) is 0 Å². The van der Waals surface area contributed by atoms with Crippen LogP contribution in [0.25, 0.3) is 22.4 Å². The highest BCUT2D eigenvalue weighted by Gasteiger charge is 2.13. The van der Waals surface area contributed by atoms with E-state index in [1.54, 1.807) is 18.5 Å². The van der Waals surface area contributed by atoms with Gasteiger partial charge in [0.05, 0.1) is 22.8 Å². The van der Waals surface area contributed by atoms with Crippen molar-refractivity contribution in [3.8, 4) is 22.9 Å². The Balaban J connectivity index is 2.31. The van der Waals surface area contributed by atoms with Crippen molar-refractivity contribution in [1.82, 2.24) is 14.5 Å². The topological polar surface area (TPSA) is 71.2 Å². The number of imidazole rings is 1. The fourth-order valence-electron chi connectivity index (χ4n) is 1.98. The second-order valence-electron chi connectivity index (χ2n) is 4.06. The number of fused-ring (bicyclic) bond motifs is 1. The lowest BCUT2D eigenvalue weighted by Gasteiger charge is -2.05. The van der Waals surface area contributed by atoms with E-state index in [-0.39, 0.29) is 11.5 Å². The number of hydrogen-bond acceptors (Lipinski definition) is 4. The van der Waals surface area contributed by atoms with Crippen LogP contribution in [0.2, 0.25) is 0 Å². The Bertz CT molecular complexity index is 734. The molecule has 2 N–H and O–H groups in total. The lowest BCUT2D eigenvalue weighted by molar-refractivity contribution is 0.461. The summed E-state index contributed by atoms with van der Waals surface area (Å²) in [5.74, 6) is 0.763. The molecule has 3 rings (SSSR count). The van der Waals surface area contributed by atoms with E-state index in [2.05, 4.69) is 9.97 Å². The maximum atomic E-state index is 9.86. The van der Waals surface area contributed by atoms with Crippen LogP contribution in [0, 0.1) is 0 Å². The maximum Gasteiger partial charge on any atom is 0.144 e. The monoisotopic (exact) mass is 241 g/mol. The van der Waals surface area contributed by atoms with Crippen molar-refractivity contribution in [2.75, 3.05) is 0 Å². The standard InChI is InChI=1S/C13H11N3O2/c1-16-11-7-14-5-4-10(11)15-13(16)9-6-8(17)2-3-12(9)18/h2-7,17-18H,1H3. The molecular formula is C13H11N3O2. The van der Waals surface area contributed by atoms with E-state index in [0.29, 0.717) is 11.4 Å². The van der Waals surface area contributed by atoms with E-state index in [9.17, 15) is 10.2 Å². The SMILES string of the molecule is Cn1c(-c2cc(O)ccc2O)nc2ccncc21. The summed E-state index contributed by atoms with van der Waals surface area (Å²) in [5, 5.41) is 19.4. The molecule has 0 amide bonds. The third-order valence-corrected chi connectivity index (χ3v) is 2.90. The minimum Gasteiger partial charge on any atom is -0.508 e. The van der Waals surface area contributed by atoms with Gasteiger partial charge in [-0.25, -0.2) is 4.98 Å². The van der Waals surface area contributed by atoms with Crippen molar-refractivity contribution >= 4 is 11.0 Å². The van der Waals surface area contributed by atoms with E-state index >= 15 is 0 Å². The maximum absolute atomic E-state index is 9.86. The Kier molecular flexibility index (Phi) is 2.19. The smallest absolute Gasteiger partial charge is 0.144 e. The zero-order valence-corrected chi connectivity index (χ0v) is 9.70. The Labute approximate surface area is 103 Å². The molecule has 0 radical (unpaired) electrons. The summed E-state index contributed by atoms with van der Waals surface area (Å²) in [7, 11) is 1.84. The number of aromatic hydroxyl groups is 2. The van der Waals surface area contributed by atoms with E-state index in [4.69, 9.17) is 0 Å². The molecule has 5 nitrogen and oxygen atoms in total. The van der Waals surface area contributed by atoms with Crippen LogP contribution in [-0.2, 0) is 7.05 Å². The number of benzene rings is 1. The van der Waals surface area contributed by atoms with Crippen LogP contribution in [-0.4, -0.2) is 24.7 Å². The van der Waals surface area contributed by atoms with E-state index in [1.807, 2.05) is 11.6 Å². The Hall–Kier alpha value is -2.56. The van der Waals surface area contributed by atoms with E-state index in [1.165, 1.54) is 18.2 Å². The number of phenols is 2. The zero-order chi connectivity index (χ0) is 12.7. The second-order valence-corrected chi connectivity index (χ2v) is 4.06. The number of hydrogen-bond donors (Lipinski definition) is 2. The predicted octanol–water partition coefficient (Wildman–Crippen LogP) is 2.05. The van der Waals surface area contributed by atoms with Gasteiger partial charge in [0.1, 0.15) is 17.3 Å². The lowest BCUT2D eigenvalue weighted by Crippen LogP contribution is -1.92. The van der Waals surface area contributed by atoms with Crippen molar-refractivity contribution in [1.29, 1.82) is 0 Å². The van der Waals surface area contributed by atoms with Crippen LogP contribution in [0.3, 0.4) is 0 Å². The molecule has 3 aromatic rings. The highest BCUT2D eigenvalue weighted by Crippen LogP contribution is 2.32. The largest absolute Gasteiger partial charge is 0.508 e. The van der Waals surface area contributed by atoms with Gasteiger partial charge in [-0.05, 0) is 24.3 Å². The van der Waals surface area contributed by atoms with Crippen LogP contribution in [0.1, 0.15) is 0 Å². The van der Waals surface area contributed by atoms with Crippen molar-refractivity contribution in [2.24, 2.45) is 7.05 Å². The van der Waals surface area contributed by atoms with Gasteiger partial charge in [-0.1, -0.05) is 0 Å². The van der Waals surface area contributed by atoms with Gasteiger partial charge in [0.25, 0.3) is 0 Å². The Morgan fingerprint density at radius 1 is 1.17 bits per heavy atom. The molecule has 1 aromatic carbocycles. The normalized spacial score (nSPS) is 10.9. The predicted molar refractivity (Wildman–Crippen MR) is 67.3 cm³/mol. The zero-order valence-electron chi connectivity index (χ0n) is 9.70. The molecule has 0 bridgehead atoms. The third kappa shape index (κ3) is 1.48. The van der Waals surface area contributed by atoms with Crippen molar-refractivity contribution in [3.63, 3.8) is 0 Å². The molecule has 5 heteroatoms. The molecule has 0 unspecified atom stereocenters. The first-order chi connectivity index (χ1) is 8.66. The van der Waals surface area contributed by atoms with E-state index in [0.717, 1.165) is 11.0 Å². The first-order valence-corrected chi connectivity index (χ1v) is 5.45. The van der Waals surface area contributed by atoms with Crippen LogP contribution >= 0.6 is 0 Å². The number of aromatic nitrogens is 3. The average molecular weight is 241 g/mol. The minimum absolute atomic E-state index is 0.0826. The number of rotatable bonds is 1. The number of nitrogens with zero attached hydrogens (tertiary/aromatic N) is 3. The second kappa shape index (κ2) is 3.73. The molecule has 0 saturated heterocycles. The van der Waals surface area contributed by atoms with Gasteiger partial charge < -0.3 is 14.8 Å². The van der Waals surface area contributed by atoms with Gasteiger partial charge in [-0.2, -0.15) is 0 Å². The molecule has 0 aliphatic heterocycles. The van der Waals surface area contributed by atoms with Gasteiger partial charge in [-0.15, -0.1) is 0 Å². The first kappa shape index (κ1) is 10.6. The van der Waals surface area contributed by atoms with Crippen molar-refractivity contribution < 1.29 is 10.2 Å². The third-order valence-electron chi connectivity index (χ3n) is 2.90. The molecule has 90 valence electrons. The molecule has 2 aromatic heterocycles. The number of pyridine rings is 1. The van der Waals surface area contributed by atoms with Crippen molar-refractivity contribution in [3.05, 3.63) is 36.7 Å². The van der Waals surface area contributed by atoms with Crippen LogP contribution < -0.4 is 0 Å².